The fourth-order valence-electron chi connectivity index (χ4n) is 7.95. The highest BCUT2D eigenvalue weighted by atomic mass is 16.6. The third-order valence-electron chi connectivity index (χ3n) is 12.8. The number of unbranched alkanes of at least 4 members (excludes halogenated alkanes) is 11. The lowest BCUT2D eigenvalue weighted by Gasteiger charge is -2.18. The largest absolute Gasteiger partial charge is 0.462 e. The van der Waals surface area contributed by atoms with Crippen molar-refractivity contribution in [1.82, 2.24) is 0 Å². The van der Waals surface area contributed by atoms with Crippen LogP contribution < -0.4 is 0 Å². The van der Waals surface area contributed by atoms with E-state index in [0.717, 1.165) is 161 Å². The Morgan fingerprint density at radius 1 is 0.253 bits per heavy atom. The maximum atomic E-state index is 12.9. The van der Waals surface area contributed by atoms with Crippen molar-refractivity contribution in [2.24, 2.45) is 0 Å². The van der Waals surface area contributed by atoms with Crippen molar-refractivity contribution >= 4 is 17.9 Å². The Labute approximate surface area is 509 Å². The molecule has 0 N–H and O–H groups in total. The van der Waals surface area contributed by atoms with Gasteiger partial charge in [-0.1, -0.05) is 259 Å². The summed E-state index contributed by atoms with van der Waals surface area (Å²) in [5, 5.41) is 0. The molecule has 0 rings (SSSR count). The molecular weight excluding hydrogens is 1020 g/mol. The van der Waals surface area contributed by atoms with Crippen molar-refractivity contribution in [3.63, 3.8) is 0 Å². The number of carbonyl (C=O) groups is 3. The summed E-state index contributed by atoms with van der Waals surface area (Å²) < 4.78 is 16.8. The van der Waals surface area contributed by atoms with Gasteiger partial charge >= 0.3 is 17.9 Å². The normalized spacial score (nSPS) is 13.5. The average Bonchev–Trinajstić information content (AvgIpc) is 3.49. The molecule has 0 spiro atoms. The lowest BCUT2D eigenvalue weighted by molar-refractivity contribution is -0.167. The van der Waals surface area contributed by atoms with E-state index in [-0.39, 0.29) is 38.0 Å². The second-order valence-corrected chi connectivity index (χ2v) is 20.5. The smallest absolute Gasteiger partial charge is 0.306 e. The molecule has 6 heteroatoms. The van der Waals surface area contributed by atoms with Crippen LogP contribution >= 0.6 is 0 Å². The number of allylic oxidation sites excluding steroid dienone is 34. The average molecular weight is 1140 g/mol. The molecular formula is C77H116O6. The van der Waals surface area contributed by atoms with Crippen LogP contribution in [-0.4, -0.2) is 37.2 Å². The summed E-state index contributed by atoms with van der Waals surface area (Å²) >= 11 is 0. The Kier molecular flexibility index (Phi) is 63.5. The first-order valence-corrected chi connectivity index (χ1v) is 32.6. The van der Waals surface area contributed by atoms with Crippen molar-refractivity contribution in [2.75, 3.05) is 13.2 Å². The van der Waals surface area contributed by atoms with E-state index in [1.54, 1.807) is 0 Å². The van der Waals surface area contributed by atoms with Crippen LogP contribution in [0.3, 0.4) is 0 Å². The molecule has 0 saturated heterocycles. The van der Waals surface area contributed by atoms with E-state index >= 15 is 0 Å². The molecule has 0 aromatic rings. The quantitative estimate of drug-likeness (QED) is 0.0261. The standard InChI is InChI=1S/C77H116O6/c1-4-7-10-13-16-19-22-25-28-30-31-32-33-34-35-36-37-38-39-40-41-42-43-44-45-47-49-52-55-58-61-64-67-70-76(79)82-73-74(72-81-75(78)69-66-63-60-57-54-51-48-27-24-21-18-15-12-9-6-3)83-77(80)71-68-65-62-59-56-53-50-46-29-26-23-20-17-14-11-8-5-2/h7-8,10-11,16-21,25-29,31-32,34-35,37-38,40-41,43-44,47-50,53,55,58-59,62,74H,4-6,9,12-15,22-24,30,33,36,39,42,45-46,51-52,54,56-57,60-61,63-73H2,1-3H3/b10-7-,11-8-,19-16-,20-17-,21-18-,28-25-,29-26-,32-31-,35-34-,38-37-,41-40-,44-43-,48-27-,49-47-,53-50-,58-55-,62-59-. The zero-order chi connectivity index (χ0) is 59.9. The summed E-state index contributed by atoms with van der Waals surface area (Å²) in [6.45, 7) is 6.27. The predicted molar refractivity (Wildman–Crippen MR) is 361 cm³/mol. The molecule has 83 heavy (non-hydrogen) atoms. The van der Waals surface area contributed by atoms with Crippen LogP contribution in [0.5, 0.6) is 0 Å². The van der Waals surface area contributed by atoms with E-state index in [1.165, 1.54) is 25.7 Å². The first kappa shape index (κ1) is 77.0. The van der Waals surface area contributed by atoms with Gasteiger partial charge in [-0.15, -0.1) is 0 Å². The molecule has 1 atom stereocenters. The van der Waals surface area contributed by atoms with E-state index in [4.69, 9.17) is 14.2 Å². The third-order valence-corrected chi connectivity index (χ3v) is 12.8. The van der Waals surface area contributed by atoms with Crippen molar-refractivity contribution in [3.8, 4) is 0 Å². The second kappa shape index (κ2) is 68.5. The lowest BCUT2D eigenvalue weighted by Crippen LogP contribution is -2.30. The van der Waals surface area contributed by atoms with Gasteiger partial charge in [0.1, 0.15) is 13.2 Å². The molecule has 0 heterocycles. The van der Waals surface area contributed by atoms with Crippen LogP contribution in [-0.2, 0) is 28.6 Å². The first-order chi connectivity index (χ1) is 41.0. The molecule has 0 radical (unpaired) electrons. The molecule has 0 aliphatic rings. The topological polar surface area (TPSA) is 78.9 Å². The van der Waals surface area contributed by atoms with Crippen LogP contribution in [0.25, 0.3) is 0 Å². The lowest BCUT2D eigenvalue weighted by atomic mass is 10.1. The van der Waals surface area contributed by atoms with Gasteiger partial charge in [0.2, 0.25) is 0 Å². The Hall–Kier alpha value is -6.01. The molecule has 0 fully saturated rings. The number of hydrogen-bond donors (Lipinski definition) is 0. The minimum absolute atomic E-state index is 0.133. The van der Waals surface area contributed by atoms with Gasteiger partial charge in [0, 0.05) is 19.3 Å². The summed E-state index contributed by atoms with van der Waals surface area (Å²) in [5.74, 6) is -1.06. The first-order valence-electron chi connectivity index (χ1n) is 32.6. The number of rotatable bonds is 56. The van der Waals surface area contributed by atoms with E-state index in [9.17, 15) is 14.4 Å². The molecule has 0 amide bonds. The predicted octanol–water partition coefficient (Wildman–Crippen LogP) is 22.8. The van der Waals surface area contributed by atoms with Crippen molar-refractivity contribution in [2.45, 2.75) is 245 Å². The summed E-state index contributed by atoms with van der Waals surface area (Å²) in [7, 11) is 0. The minimum atomic E-state index is -0.846. The SMILES string of the molecule is CC/C=C\C/C=C\C/C=C\C/C=C\C/C=C\C/C=C\C/C=C\C/C=C\C/C=C\C/C=C\CCCCC(=O)OCC(COC(=O)CCCCCCC/C=C\C/C=C\CCCCC)OC(=O)CCC/C=C\C/C=C\C/C=C\C/C=C\C/C=C\CC. The third kappa shape index (κ3) is 66.7. The summed E-state index contributed by atoms with van der Waals surface area (Å²) in [6.07, 6.45) is 106. The Morgan fingerprint density at radius 3 is 0.795 bits per heavy atom. The maximum Gasteiger partial charge on any atom is 0.306 e. The van der Waals surface area contributed by atoms with E-state index in [1.807, 2.05) is 0 Å². The van der Waals surface area contributed by atoms with Gasteiger partial charge < -0.3 is 14.2 Å². The molecule has 0 aliphatic carbocycles. The van der Waals surface area contributed by atoms with E-state index in [2.05, 4.69) is 227 Å². The maximum absolute atomic E-state index is 12.9. The van der Waals surface area contributed by atoms with Gasteiger partial charge in [-0.2, -0.15) is 0 Å². The number of hydrogen-bond acceptors (Lipinski definition) is 6. The van der Waals surface area contributed by atoms with Crippen LogP contribution in [0, 0.1) is 0 Å². The zero-order valence-corrected chi connectivity index (χ0v) is 52.6. The molecule has 0 aromatic carbocycles. The van der Waals surface area contributed by atoms with E-state index in [0.29, 0.717) is 19.3 Å². The van der Waals surface area contributed by atoms with Crippen molar-refractivity contribution in [3.05, 3.63) is 207 Å². The van der Waals surface area contributed by atoms with Gasteiger partial charge in [-0.3, -0.25) is 14.4 Å². The van der Waals surface area contributed by atoms with Crippen LogP contribution in [0.2, 0.25) is 0 Å². The highest BCUT2D eigenvalue weighted by molar-refractivity contribution is 5.71. The van der Waals surface area contributed by atoms with Crippen molar-refractivity contribution < 1.29 is 28.6 Å². The van der Waals surface area contributed by atoms with Crippen LogP contribution in [0.15, 0.2) is 207 Å². The summed E-state index contributed by atoms with van der Waals surface area (Å²) in [4.78, 5) is 38.3. The van der Waals surface area contributed by atoms with Gasteiger partial charge in [-0.25, -0.2) is 0 Å². The zero-order valence-electron chi connectivity index (χ0n) is 52.6. The Morgan fingerprint density at radius 2 is 0.482 bits per heavy atom. The minimum Gasteiger partial charge on any atom is -0.462 e. The van der Waals surface area contributed by atoms with Crippen molar-refractivity contribution in [1.29, 1.82) is 0 Å². The Balaban J connectivity index is 4.51. The number of carbonyl (C=O) groups excluding carboxylic acids is 3. The highest BCUT2D eigenvalue weighted by Crippen LogP contribution is 2.12. The summed E-state index contributed by atoms with van der Waals surface area (Å²) in [6, 6.07) is 0. The molecule has 0 aliphatic heterocycles. The van der Waals surface area contributed by atoms with Crippen LogP contribution in [0.4, 0.5) is 0 Å². The molecule has 6 nitrogen and oxygen atoms in total. The second-order valence-electron chi connectivity index (χ2n) is 20.5. The van der Waals surface area contributed by atoms with Crippen LogP contribution in [0.1, 0.15) is 239 Å². The van der Waals surface area contributed by atoms with Gasteiger partial charge in [-0.05, 0) is 167 Å². The van der Waals surface area contributed by atoms with Gasteiger partial charge in [0.15, 0.2) is 6.10 Å². The monoisotopic (exact) mass is 1140 g/mol. The van der Waals surface area contributed by atoms with E-state index < -0.39 is 12.1 Å². The molecule has 0 bridgehead atoms. The Bertz CT molecular complexity index is 2030. The molecule has 0 saturated carbocycles. The number of esters is 3. The van der Waals surface area contributed by atoms with Gasteiger partial charge in [0.05, 0.1) is 0 Å². The summed E-state index contributed by atoms with van der Waals surface area (Å²) in [5.41, 5.74) is 0. The molecule has 1 unspecified atom stereocenters. The fourth-order valence-corrected chi connectivity index (χ4v) is 7.95. The van der Waals surface area contributed by atoms with Gasteiger partial charge in [0.25, 0.3) is 0 Å². The molecule has 460 valence electrons. The number of ether oxygens (including phenoxy) is 3. The fraction of sp³-hybridized carbons (Fsp3) is 0.519. The molecule has 0 aromatic heterocycles. The highest BCUT2D eigenvalue weighted by Gasteiger charge is 2.19.